The van der Waals surface area contributed by atoms with E-state index in [9.17, 15) is 4.39 Å². The highest BCUT2D eigenvalue weighted by Gasteiger charge is 2.21. The SMILES string of the molecule is Cc1cc(OC2CCCC(C)C2)c(N)cc1F. The van der Waals surface area contributed by atoms with E-state index in [-0.39, 0.29) is 11.9 Å². The van der Waals surface area contributed by atoms with Crippen molar-refractivity contribution >= 4 is 5.69 Å². The molecule has 2 unspecified atom stereocenters. The number of benzene rings is 1. The Hall–Kier alpha value is -1.25. The Morgan fingerprint density at radius 2 is 2.12 bits per heavy atom. The number of ether oxygens (including phenoxy) is 1. The van der Waals surface area contributed by atoms with Gasteiger partial charge in [-0.1, -0.05) is 13.3 Å². The summed E-state index contributed by atoms with van der Waals surface area (Å²) in [6.07, 6.45) is 4.84. The molecule has 94 valence electrons. The van der Waals surface area contributed by atoms with Crippen molar-refractivity contribution < 1.29 is 9.13 Å². The molecule has 0 aromatic heterocycles. The summed E-state index contributed by atoms with van der Waals surface area (Å²) in [5.41, 5.74) is 6.75. The Morgan fingerprint density at radius 3 is 2.82 bits per heavy atom. The molecule has 2 nitrogen and oxygen atoms in total. The van der Waals surface area contributed by atoms with Crippen molar-refractivity contribution in [3.8, 4) is 5.75 Å². The monoisotopic (exact) mass is 237 g/mol. The van der Waals surface area contributed by atoms with E-state index in [1.807, 2.05) is 0 Å². The third kappa shape index (κ3) is 2.90. The first kappa shape index (κ1) is 12.2. The Balaban J connectivity index is 2.10. The zero-order chi connectivity index (χ0) is 12.4. The van der Waals surface area contributed by atoms with Gasteiger partial charge < -0.3 is 10.5 Å². The zero-order valence-electron chi connectivity index (χ0n) is 10.5. The number of aryl methyl sites for hydroxylation is 1. The van der Waals surface area contributed by atoms with Crippen LogP contribution in [-0.2, 0) is 0 Å². The Morgan fingerprint density at radius 1 is 1.35 bits per heavy atom. The third-order valence-corrected chi connectivity index (χ3v) is 3.47. The van der Waals surface area contributed by atoms with Gasteiger partial charge in [0.25, 0.3) is 0 Å². The lowest BCUT2D eigenvalue weighted by atomic mass is 9.89. The summed E-state index contributed by atoms with van der Waals surface area (Å²) in [6, 6.07) is 3.04. The highest BCUT2D eigenvalue weighted by atomic mass is 19.1. The molecule has 0 amide bonds. The van der Waals surface area contributed by atoms with Crippen LogP contribution in [-0.4, -0.2) is 6.10 Å². The van der Waals surface area contributed by atoms with Gasteiger partial charge in [-0.25, -0.2) is 4.39 Å². The van der Waals surface area contributed by atoms with Gasteiger partial charge in [-0.05, 0) is 43.7 Å². The fourth-order valence-electron chi connectivity index (χ4n) is 2.44. The zero-order valence-corrected chi connectivity index (χ0v) is 10.5. The summed E-state index contributed by atoms with van der Waals surface area (Å²) in [5, 5.41) is 0. The quantitative estimate of drug-likeness (QED) is 0.796. The minimum absolute atomic E-state index is 0.228. The van der Waals surface area contributed by atoms with Gasteiger partial charge in [0, 0.05) is 6.07 Å². The number of halogens is 1. The maximum Gasteiger partial charge on any atom is 0.143 e. The lowest BCUT2D eigenvalue weighted by Crippen LogP contribution is -2.24. The Bertz CT molecular complexity index is 405. The highest BCUT2D eigenvalue weighted by Crippen LogP contribution is 2.31. The van der Waals surface area contributed by atoms with E-state index in [0.29, 0.717) is 22.9 Å². The largest absolute Gasteiger partial charge is 0.488 e. The van der Waals surface area contributed by atoms with Gasteiger partial charge in [-0.2, -0.15) is 0 Å². The van der Waals surface area contributed by atoms with Crippen molar-refractivity contribution in [2.24, 2.45) is 5.92 Å². The molecule has 1 saturated carbocycles. The maximum absolute atomic E-state index is 13.3. The summed E-state index contributed by atoms with van der Waals surface area (Å²) in [7, 11) is 0. The number of anilines is 1. The van der Waals surface area contributed by atoms with Crippen LogP contribution in [0.3, 0.4) is 0 Å². The molecule has 1 aromatic rings. The van der Waals surface area contributed by atoms with Crippen LogP contribution in [0.4, 0.5) is 10.1 Å². The molecule has 0 saturated heterocycles. The van der Waals surface area contributed by atoms with E-state index in [0.717, 1.165) is 12.8 Å². The van der Waals surface area contributed by atoms with Crippen LogP contribution in [0.15, 0.2) is 12.1 Å². The third-order valence-electron chi connectivity index (χ3n) is 3.47. The van der Waals surface area contributed by atoms with E-state index in [4.69, 9.17) is 10.5 Å². The van der Waals surface area contributed by atoms with Crippen molar-refractivity contribution in [3.63, 3.8) is 0 Å². The molecule has 17 heavy (non-hydrogen) atoms. The molecule has 0 heterocycles. The van der Waals surface area contributed by atoms with E-state index in [2.05, 4.69) is 6.92 Å². The normalized spacial score (nSPS) is 24.6. The van der Waals surface area contributed by atoms with Crippen molar-refractivity contribution in [2.45, 2.75) is 45.6 Å². The average molecular weight is 237 g/mol. The molecule has 2 rings (SSSR count). The van der Waals surface area contributed by atoms with Gasteiger partial charge in [0.2, 0.25) is 0 Å². The number of hydrogen-bond donors (Lipinski definition) is 1. The van der Waals surface area contributed by atoms with Crippen molar-refractivity contribution in [2.75, 3.05) is 5.73 Å². The van der Waals surface area contributed by atoms with E-state index in [1.54, 1.807) is 13.0 Å². The Kier molecular flexibility index (Phi) is 3.55. The second kappa shape index (κ2) is 4.94. The smallest absolute Gasteiger partial charge is 0.143 e. The van der Waals surface area contributed by atoms with Gasteiger partial charge in [0.1, 0.15) is 11.6 Å². The van der Waals surface area contributed by atoms with Gasteiger partial charge in [0.05, 0.1) is 11.8 Å². The molecule has 1 aliphatic rings. The highest BCUT2D eigenvalue weighted by molar-refractivity contribution is 5.54. The van der Waals surface area contributed by atoms with Gasteiger partial charge >= 0.3 is 0 Å². The lowest BCUT2D eigenvalue weighted by molar-refractivity contribution is 0.130. The molecule has 0 spiro atoms. The minimum atomic E-state index is -0.271. The van der Waals surface area contributed by atoms with Crippen molar-refractivity contribution in [1.29, 1.82) is 0 Å². The van der Waals surface area contributed by atoms with E-state index >= 15 is 0 Å². The molecule has 0 aliphatic heterocycles. The van der Waals surface area contributed by atoms with Crippen LogP contribution in [0, 0.1) is 18.7 Å². The Labute approximate surface area is 102 Å². The van der Waals surface area contributed by atoms with Crippen LogP contribution < -0.4 is 10.5 Å². The number of nitrogen functional groups attached to an aromatic ring is 1. The first-order valence-electron chi connectivity index (χ1n) is 6.28. The lowest BCUT2D eigenvalue weighted by Gasteiger charge is -2.28. The van der Waals surface area contributed by atoms with Crippen LogP contribution in [0.2, 0.25) is 0 Å². The molecule has 1 aliphatic carbocycles. The van der Waals surface area contributed by atoms with Crippen LogP contribution in [0.1, 0.15) is 38.2 Å². The number of hydrogen-bond acceptors (Lipinski definition) is 2. The predicted octanol–water partition coefficient (Wildman–Crippen LogP) is 3.67. The second-order valence-electron chi connectivity index (χ2n) is 5.15. The minimum Gasteiger partial charge on any atom is -0.488 e. The summed E-state index contributed by atoms with van der Waals surface area (Å²) in [4.78, 5) is 0. The van der Waals surface area contributed by atoms with Gasteiger partial charge in [-0.3, -0.25) is 0 Å². The number of rotatable bonds is 2. The first-order chi connectivity index (χ1) is 8.06. The molecule has 0 bridgehead atoms. The van der Waals surface area contributed by atoms with E-state index in [1.165, 1.54) is 18.9 Å². The molecule has 0 radical (unpaired) electrons. The molecule has 1 fully saturated rings. The van der Waals surface area contributed by atoms with Gasteiger partial charge in [-0.15, -0.1) is 0 Å². The summed E-state index contributed by atoms with van der Waals surface area (Å²) >= 11 is 0. The standard InChI is InChI=1S/C14H20FNO/c1-9-4-3-5-11(6-9)17-14-7-10(2)12(15)8-13(14)16/h7-9,11H,3-6,16H2,1-2H3. The topological polar surface area (TPSA) is 35.2 Å². The fraction of sp³-hybridized carbons (Fsp3) is 0.571. The molecule has 3 heteroatoms. The maximum atomic E-state index is 13.3. The second-order valence-corrected chi connectivity index (χ2v) is 5.15. The van der Waals surface area contributed by atoms with E-state index < -0.39 is 0 Å². The van der Waals surface area contributed by atoms with Gasteiger partial charge in [0.15, 0.2) is 0 Å². The van der Waals surface area contributed by atoms with Crippen LogP contribution in [0.5, 0.6) is 5.75 Å². The van der Waals surface area contributed by atoms with Crippen molar-refractivity contribution in [1.82, 2.24) is 0 Å². The van der Waals surface area contributed by atoms with Crippen molar-refractivity contribution in [3.05, 3.63) is 23.5 Å². The molecular formula is C14H20FNO. The fourth-order valence-corrected chi connectivity index (χ4v) is 2.44. The first-order valence-corrected chi connectivity index (χ1v) is 6.28. The molecule has 2 N–H and O–H groups in total. The summed E-state index contributed by atoms with van der Waals surface area (Å²) in [6.45, 7) is 3.97. The molecular weight excluding hydrogens is 217 g/mol. The van der Waals surface area contributed by atoms with Crippen LogP contribution in [0.25, 0.3) is 0 Å². The predicted molar refractivity (Wildman–Crippen MR) is 67.6 cm³/mol. The van der Waals surface area contributed by atoms with Crippen LogP contribution >= 0.6 is 0 Å². The summed E-state index contributed by atoms with van der Waals surface area (Å²) < 4.78 is 19.2. The molecule has 2 atom stereocenters. The average Bonchev–Trinajstić information content (AvgIpc) is 2.26. The number of nitrogens with two attached hydrogens (primary N) is 1. The summed E-state index contributed by atoms with van der Waals surface area (Å²) in [5.74, 6) is 1.06. The molecule has 1 aromatic carbocycles.